The van der Waals surface area contributed by atoms with Gasteiger partial charge in [-0.2, -0.15) is 4.57 Å². The first-order chi connectivity index (χ1) is 12.0. The number of benzene rings is 2. The molecule has 0 bridgehead atoms. The molecule has 2 aromatic heterocycles. The second kappa shape index (κ2) is 3.93. The van der Waals surface area contributed by atoms with Crippen LogP contribution < -0.4 is 4.57 Å². The molecular weight excluding hydrogens is 306 g/mol. The second-order valence-corrected chi connectivity index (χ2v) is 8.07. The van der Waals surface area contributed by atoms with Crippen molar-refractivity contribution >= 4 is 21.8 Å². The van der Waals surface area contributed by atoms with E-state index in [2.05, 4.69) is 73.4 Å². The third kappa shape index (κ3) is 1.37. The molecule has 122 valence electrons. The number of aryl methyl sites for hydroxylation is 2. The Balaban J connectivity index is 2.00. The van der Waals surface area contributed by atoms with Crippen molar-refractivity contribution in [2.45, 2.75) is 39.8 Å². The minimum atomic E-state index is 0.0331. The van der Waals surface area contributed by atoms with Crippen LogP contribution >= 0.6 is 0 Å². The highest BCUT2D eigenvalue weighted by Gasteiger charge is 2.45. The quantitative estimate of drug-likeness (QED) is 0.391. The number of pyridine rings is 1. The van der Waals surface area contributed by atoms with Gasteiger partial charge in [-0.05, 0) is 36.4 Å². The molecule has 25 heavy (non-hydrogen) atoms. The van der Waals surface area contributed by atoms with Crippen LogP contribution in [0, 0.1) is 13.8 Å². The SMILES string of the molecule is Cc1cc[n+]2c3c1C(C)(C)c1ccc4ccc5nc(C)n(c5c4c1-3)C2. The fraction of sp³-hybridized carbons (Fsp3) is 0.273. The number of rotatable bonds is 0. The van der Waals surface area contributed by atoms with Gasteiger partial charge in [0.15, 0.2) is 6.20 Å². The minimum absolute atomic E-state index is 0.0331. The molecule has 2 aromatic carbocycles. The van der Waals surface area contributed by atoms with E-state index in [1.807, 2.05) is 0 Å². The fourth-order valence-electron chi connectivity index (χ4n) is 5.24. The molecule has 3 heteroatoms. The van der Waals surface area contributed by atoms with E-state index < -0.39 is 0 Å². The molecule has 3 heterocycles. The Kier molecular flexibility index (Phi) is 2.14. The van der Waals surface area contributed by atoms with Gasteiger partial charge in [0.05, 0.1) is 16.6 Å². The van der Waals surface area contributed by atoms with Gasteiger partial charge in [-0.15, -0.1) is 0 Å². The predicted octanol–water partition coefficient (Wildman–Crippen LogP) is 4.22. The largest absolute Gasteiger partial charge is 0.270 e. The first-order valence-electron chi connectivity index (χ1n) is 8.95. The van der Waals surface area contributed by atoms with Crippen LogP contribution in [0.2, 0.25) is 0 Å². The van der Waals surface area contributed by atoms with E-state index in [1.165, 1.54) is 44.2 Å². The van der Waals surface area contributed by atoms with Crippen molar-refractivity contribution in [2.75, 3.05) is 0 Å². The number of imidazole rings is 1. The maximum atomic E-state index is 4.83. The molecule has 3 nitrogen and oxygen atoms in total. The molecule has 4 aromatic rings. The van der Waals surface area contributed by atoms with Crippen LogP contribution in [-0.4, -0.2) is 9.55 Å². The zero-order valence-corrected chi connectivity index (χ0v) is 15.0. The highest BCUT2D eigenvalue weighted by Crippen LogP contribution is 2.52. The van der Waals surface area contributed by atoms with E-state index in [0.29, 0.717) is 0 Å². The summed E-state index contributed by atoms with van der Waals surface area (Å²) in [5, 5.41) is 2.69. The van der Waals surface area contributed by atoms with Crippen molar-refractivity contribution in [1.82, 2.24) is 9.55 Å². The van der Waals surface area contributed by atoms with E-state index in [1.54, 1.807) is 0 Å². The van der Waals surface area contributed by atoms with Gasteiger partial charge in [-0.1, -0.05) is 32.0 Å². The van der Waals surface area contributed by atoms with Crippen LogP contribution in [-0.2, 0) is 12.1 Å². The molecule has 2 aliphatic rings. The predicted molar refractivity (Wildman–Crippen MR) is 99.9 cm³/mol. The lowest BCUT2D eigenvalue weighted by Gasteiger charge is -2.22. The Labute approximate surface area is 146 Å². The number of hydrogen-bond acceptors (Lipinski definition) is 1. The monoisotopic (exact) mass is 326 g/mol. The molecule has 0 amide bonds. The van der Waals surface area contributed by atoms with E-state index in [4.69, 9.17) is 4.98 Å². The Morgan fingerprint density at radius 2 is 1.88 bits per heavy atom. The fourth-order valence-corrected chi connectivity index (χ4v) is 5.24. The van der Waals surface area contributed by atoms with Gasteiger partial charge in [0, 0.05) is 22.4 Å². The molecular formula is C22H20N3+. The molecule has 0 spiro atoms. The first-order valence-corrected chi connectivity index (χ1v) is 8.95. The Morgan fingerprint density at radius 1 is 1.08 bits per heavy atom. The van der Waals surface area contributed by atoms with E-state index in [9.17, 15) is 0 Å². The van der Waals surface area contributed by atoms with Crippen LogP contribution in [0.5, 0.6) is 0 Å². The molecule has 0 N–H and O–H groups in total. The van der Waals surface area contributed by atoms with Crippen LogP contribution in [0.3, 0.4) is 0 Å². The number of nitrogens with zero attached hydrogens (tertiary/aromatic N) is 3. The molecule has 6 rings (SSSR count). The molecule has 0 saturated carbocycles. The standard InChI is InChI=1S/C22H20N3/c1-12-9-10-24-11-25-13(2)23-16-8-6-14-5-7-15-18(17(14)20(16)25)21(24)19(12)22(15,3)4/h5-10H,11H2,1-4H3/q+1. The Bertz CT molecular complexity index is 1260. The van der Waals surface area contributed by atoms with Crippen molar-refractivity contribution in [1.29, 1.82) is 0 Å². The van der Waals surface area contributed by atoms with E-state index in [-0.39, 0.29) is 5.41 Å². The van der Waals surface area contributed by atoms with Gasteiger partial charge >= 0.3 is 0 Å². The highest BCUT2D eigenvalue weighted by molar-refractivity contribution is 6.14. The van der Waals surface area contributed by atoms with Crippen molar-refractivity contribution in [3.8, 4) is 11.3 Å². The van der Waals surface area contributed by atoms with Crippen molar-refractivity contribution in [3.63, 3.8) is 0 Å². The number of hydrogen-bond donors (Lipinski definition) is 0. The lowest BCUT2D eigenvalue weighted by molar-refractivity contribution is -0.690. The van der Waals surface area contributed by atoms with Crippen molar-refractivity contribution in [3.05, 3.63) is 59.0 Å². The average molecular weight is 326 g/mol. The molecule has 0 atom stereocenters. The van der Waals surface area contributed by atoms with Gasteiger partial charge in [0.25, 0.3) is 0 Å². The summed E-state index contributed by atoms with van der Waals surface area (Å²) in [4.78, 5) is 4.83. The van der Waals surface area contributed by atoms with Gasteiger partial charge in [0.1, 0.15) is 5.82 Å². The van der Waals surface area contributed by atoms with Crippen LogP contribution in [0.1, 0.15) is 36.4 Å². The molecule has 0 radical (unpaired) electrons. The van der Waals surface area contributed by atoms with Crippen LogP contribution in [0.25, 0.3) is 33.1 Å². The lowest BCUT2D eigenvalue weighted by atomic mass is 9.80. The second-order valence-electron chi connectivity index (χ2n) is 8.07. The summed E-state index contributed by atoms with van der Waals surface area (Å²) in [6, 6.07) is 11.3. The third-order valence-electron chi connectivity index (χ3n) is 6.33. The van der Waals surface area contributed by atoms with Crippen molar-refractivity contribution < 1.29 is 4.57 Å². The Morgan fingerprint density at radius 3 is 2.72 bits per heavy atom. The zero-order valence-electron chi connectivity index (χ0n) is 15.0. The highest BCUT2D eigenvalue weighted by atomic mass is 15.2. The third-order valence-corrected chi connectivity index (χ3v) is 6.33. The lowest BCUT2D eigenvalue weighted by Crippen LogP contribution is -2.40. The summed E-state index contributed by atoms with van der Waals surface area (Å²) >= 11 is 0. The molecule has 0 saturated heterocycles. The van der Waals surface area contributed by atoms with Gasteiger partial charge in [-0.25, -0.2) is 4.98 Å². The summed E-state index contributed by atoms with van der Waals surface area (Å²) in [5.41, 5.74) is 9.56. The topological polar surface area (TPSA) is 21.7 Å². The Hall–Kier alpha value is -2.68. The van der Waals surface area contributed by atoms with E-state index >= 15 is 0 Å². The molecule has 0 fully saturated rings. The normalized spacial score (nSPS) is 16.2. The van der Waals surface area contributed by atoms with E-state index in [0.717, 1.165) is 18.0 Å². The van der Waals surface area contributed by atoms with Crippen LogP contribution in [0.4, 0.5) is 0 Å². The summed E-state index contributed by atoms with van der Waals surface area (Å²) < 4.78 is 4.79. The number of aromatic nitrogens is 3. The van der Waals surface area contributed by atoms with Gasteiger partial charge in [-0.3, -0.25) is 4.57 Å². The molecule has 1 aliphatic carbocycles. The van der Waals surface area contributed by atoms with Gasteiger partial charge < -0.3 is 0 Å². The molecule has 0 unspecified atom stereocenters. The van der Waals surface area contributed by atoms with Crippen molar-refractivity contribution in [2.24, 2.45) is 0 Å². The maximum absolute atomic E-state index is 4.83. The summed E-state index contributed by atoms with van der Waals surface area (Å²) in [5.74, 6) is 1.08. The maximum Gasteiger partial charge on any atom is 0.229 e. The summed E-state index contributed by atoms with van der Waals surface area (Å²) in [7, 11) is 0. The molecule has 1 aliphatic heterocycles. The van der Waals surface area contributed by atoms with Crippen LogP contribution in [0.15, 0.2) is 36.5 Å². The smallest absolute Gasteiger partial charge is 0.229 e. The minimum Gasteiger partial charge on any atom is -0.270 e. The first kappa shape index (κ1) is 13.6. The summed E-state index contributed by atoms with van der Waals surface area (Å²) in [6.07, 6.45) is 2.25. The zero-order chi connectivity index (χ0) is 17.1. The summed E-state index contributed by atoms with van der Waals surface area (Å²) in [6.45, 7) is 9.93. The van der Waals surface area contributed by atoms with Gasteiger partial charge in [0.2, 0.25) is 12.4 Å². The average Bonchev–Trinajstić information content (AvgIpc) is 2.95.